The number of nitrogens with one attached hydrogen (secondary N) is 2. The number of benzene rings is 1. The molecule has 1 saturated heterocycles. The van der Waals surface area contributed by atoms with E-state index in [1.807, 2.05) is 44.2 Å². The first-order valence-electron chi connectivity index (χ1n) is 8.34. The lowest BCUT2D eigenvalue weighted by Crippen LogP contribution is -2.51. The van der Waals surface area contributed by atoms with Crippen molar-refractivity contribution in [2.45, 2.75) is 51.7 Å². The summed E-state index contributed by atoms with van der Waals surface area (Å²) in [4.78, 5) is 26.2. The van der Waals surface area contributed by atoms with Crippen LogP contribution >= 0.6 is 0 Å². The maximum absolute atomic E-state index is 12.7. The first-order valence-corrected chi connectivity index (χ1v) is 8.34. The zero-order valence-electron chi connectivity index (χ0n) is 14.2. The fraction of sp³-hybridized carbons (Fsp3) is 0.556. The number of hydrogen-bond acceptors (Lipinski definition) is 3. The summed E-state index contributed by atoms with van der Waals surface area (Å²) in [5.74, 6) is 0.00872. The average molecular weight is 317 g/mol. The molecule has 0 saturated carbocycles. The number of likely N-dealkylation sites (tertiary alicyclic amines) is 1. The highest BCUT2D eigenvalue weighted by atomic mass is 16.2. The van der Waals surface area contributed by atoms with E-state index < -0.39 is 0 Å². The van der Waals surface area contributed by atoms with E-state index in [4.69, 9.17) is 0 Å². The molecule has 2 amide bonds. The molecule has 1 aliphatic rings. The monoisotopic (exact) mass is 317 g/mol. The molecule has 1 aliphatic heterocycles. The van der Waals surface area contributed by atoms with Crippen molar-refractivity contribution >= 4 is 11.8 Å². The number of carbonyl (C=O) groups is 2. The van der Waals surface area contributed by atoms with Gasteiger partial charge < -0.3 is 10.6 Å². The Kier molecular flexibility index (Phi) is 6.16. The second-order valence-corrected chi connectivity index (χ2v) is 6.51. The number of carbonyl (C=O) groups excluding carboxylic acids is 2. The van der Waals surface area contributed by atoms with Crippen molar-refractivity contribution in [1.82, 2.24) is 15.5 Å². The summed E-state index contributed by atoms with van der Waals surface area (Å²) in [6.45, 7) is 7.04. The Morgan fingerprint density at radius 3 is 2.52 bits per heavy atom. The molecule has 2 N–H and O–H groups in total. The Balaban J connectivity index is 2.19. The summed E-state index contributed by atoms with van der Waals surface area (Å²) in [6.07, 6.45) is 1.94. The van der Waals surface area contributed by atoms with E-state index >= 15 is 0 Å². The predicted molar refractivity (Wildman–Crippen MR) is 90.9 cm³/mol. The second-order valence-electron chi connectivity index (χ2n) is 6.51. The van der Waals surface area contributed by atoms with E-state index in [1.54, 1.807) is 6.92 Å². The van der Waals surface area contributed by atoms with Crippen LogP contribution in [-0.4, -0.2) is 41.9 Å². The van der Waals surface area contributed by atoms with Gasteiger partial charge in [-0.25, -0.2) is 0 Å². The first-order chi connectivity index (χ1) is 11.0. The molecule has 2 rings (SSSR count). The minimum absolute atomic E-state index is 0.0141. The van der Waals surface area contributed by atoms with Gasteiger partial charge in [-0.2, -0.15) is 0 Å². The minimum atomic E-state index is -0.310. The molecule has 0 aliphatic carbocycles. The summed E-state index contributed by atoms with van der Waals surface area (Å²) < 4.78 is 0. The van der Waals surface area contributed by atoms with Crippen molar-refractivity contribution in [2.24, 2.45) is 0 Å². The van der Waals surface area contributed by atoms with Gasteiger partial charge in [0.25, 0.3) is 0 Å². The minimum Gasteiger partial charge on any atom is -0.352 e. The van der Waals surface area contributed by atoms with E-state index in [0.29, 0.717) is 6.54 Å². The van der Waals surface area contributed by atoms with Gasteiger partial charge in [0.05, 0.1) is 0 Å². The zero-order chi connectivity index (χ0) is 16.8. The molecular weight excluding hydrogens is 290 g/mol. The molecular formula is C18H27N3O2. The molecule has 0 bridgehead atoms. The standard InChI is InChI=1S/C18H27N3O2/c1-13(2)19-18(23)17(15-8-5-4-6-9-15)21-11-7-10-16(12-21)20-14(3)22/h4-6,8-9,13,16-17H,7,10-12H2,1-3H3,(H,19,23)(H,20,22)/t16-,17+/m1/s1. The van der Waals surface area contributed by atoms with Crippen molar-refractivity contribution in [3.05, 3.63) is 35.9 Å². The first kappa shape index (κ1) is 17.5. The normalized spacial score (nSPS) is 20.1. The number of piperidine rings is 1. The Hall–Kier alpha value is -1.88. The maximum atomic E-state index is 12.7. The summed E-state index contributed by atoms with van der Waals surface area (Å²) >= 11 is 0. The lowest BCUT2D eigenvalue weighted by molar-refractivity contribution is -0.127. The third kappa shape index (κ3) is 5.06. The van der Waals surface area contributed by atoms with Crippen LogP contribution in [0.3, 0.4) is 0 Å². The van der Waals surface area contributed by atoms with Crippen LogP contribution in [0.15, 0.2) is 30.3 Å². The third-order valence-corrected chi connectivity index (χ3v) is 4.02. The average Bonchev–Trinajstić information content (AvgIpc) is 2.47. The molecule has 0 radical (unpaired) electrons. The van der Waals surface area contributed by atoms with Gasteiger partial charge in [-0.15, -0.1) is 0 Å². The Morgan fingerprint density at radius 1 is 1.22 bits per heavy atom. The number of amides is 2. The molecule has 5 heteroatoms. The number of hydrogen-bond donors (Lipinski definition) is 2. The molecule has 0 spiro atoms. The summed E-state index contributed by atoms with van der Waals surface area (Å²) in [6, 6.07) is 9.76. The van der Waals surface area contributed by atoms with Crippen LogP contribution in [-0.2, 0) is 9.59 Å². The van der Waals surface area contributed by atoms with Gasteiger partial charge in [0.2, 0.25) is 11.8 Å². The molecule has 23 heavy (non-hydrogen) atoms. The molecule has 1 aromatic rings. The smallest absolute Gasteiger partial charge is 0.242 e. The third-order valence-electron chi connectivity index (χ3n) is 4.02. The van der Waals surface area contributed by atoms with E-state index in [9.17, 15) is 9.59 Å². The van der Waals surface area contributed by atoms with Crippen molar-refractivity contribution < 1.29 is 9.59 Å². The highest BCUT2D eigenvalue weighted by molar-refractivity contribution is 5.83. The molecule has 0 aromatic heterocycles. The molecule has 1 aromatic carbocycles. The molecule has 1 heterocycles. The quantitative estimate of drug-likeness (QED) is 0.871. The SMILES string of the molecule is CC(=O)N[C@@H]1CCCN([C@H](C(=O)NC(C)C)c2ccccc2)C1. The summed E-state index contributed by atoms with van der Waals surface area (Å²) in [5.41, 5.74) is 0.995. The molecule has 5 nitrogen and oxygen atoms in total. The Morgan fingerprint density at radius 2 is 1.91 bits per heavy atom. The number of rotatable bonds is 5. The van der Waals surface area contributed by atoms with Crippen molar-refractivity contribution in [1.29, 1.82) is 0 Å². The Labute approximate surface area is 138 Å². The van der Waals surface area contributed by atoms with Gasteiger partial charge in [-0.1, -0.05) is 30.3 Å². The highest BCUT2D eigenvalue weighted by Crippen LogP contribution is 2.25. The largest absolute Gasteiger partial charge is 0.352 e. The van der Waals surface area contributed by atoms with Crippen LogP contribution in [0.25, 0.3) is 0 Å². The topological polar surface area (TPSA) is 61.4 Å². The van der Waals surface area contributed by atoms with Gasteiger partial charge in [-0.05, 0) is 38.8 Å². The van der Waals surface area contributed by atoms with Gasteiger partial charge in [-0.3, -0.25) is 14.5 Å². The van der Waals surface area contributed by atoms with Crippen LogP contribution in [0.4, 0.5) is 0 Å². The van der Waals surface area contributed by atoms with Crippen molar-refractivity contribution in [2.75, 3.05) is 13.1 Å². The lowest BCUT2D eigenvalue weighted by atomic mass is 9.98. The van der Waals surface area contributed by atoms with Crippen molar-refractivity contribution in [3.63, 3.8) is 0 Å². The zero-order valence-corrected chi connectivity index (χ0v) is 14.2. The number of nitrogens with zero attached hydrogens (tertiary/aromatic N) is 1. The van der Waals surface area contributed by atoms with Crippen LogP contribution in [0.5, 0.6) is 0 Å². The highest BCUT2D eigenvalue weighted by Gasteiger charge is 2.32. The molecule has 0 unspecified atom stereocenters. The lowest BCUT2D eigenvalue weighted by Gasteiger charge is -2.38. The van der Waals surface area contributed by atoms with Crippen LogP contribution in [0.2, 0.25) is 0 Å². The van der Waals surface area contributed by atoms with Gasteiger partial charge in [0.15, 0.2) is 0 Å². The second kappa shape index (κ2) is 8.11. The van der Waals surface area contributed by atoms with E-state index in [1.165, 1.54) is 0 Å². The van der Waals surface area contributed by atoms with Gasteiger partial charge in [0.1, 0.15) is 6.04 Å². The van der Waals surface area contributed by atoms with Crippen LogP contribution in [0, 0.1) is 0 Å². The molecule has 2 atom stereocenters. The molecule has 1 fully saturated rings. The predicted octanol–water partition coefficient (Wildman–Crippen LogP) is 1.85. The van der Waals surface area contributed by atoms with E-state index in [0.717, 1.165) is 24.9 Å². The van der Waals surface area contributed by atoms with E-state index in [2.05, 4.69) is 15.5 Å². The van der Waals surface area contributed by atoms with Crippen molar-refractivity contribution in [3.8, 4) is 0 Å². The summed E-state index contributed by atoms with van der Waals surface area (Å²) in [5, 5.41) is 6.01. The summed E-state index contributed by atoms with van der Waals surface area (Å²) in [7, 11) is 0. The van der Waals surface area contributed by atoms with Crippen LogP contribution in [0.1, 0.15) is 45.2 Å². The van der Waals surface area contributed by atoms with E-state index in [-0.39, 0.29) is 29.9 Å². The maximum Gasteiger partial charge on any atom is 0.242 e. The fourth-order valence-corrected chi connectivity index (χ4v) is 3.17. The van der Waals surface area contributed by atoms with Gasteiger partial charge in [0, 0.05) is 25.6 Å². The fourth-order valence-electron chi connectivity index (χ4n) is 3.17. The molecule has 126 valence electrons. The van der Waals surface area contributed by atoms with Crippen LogP contribution < -0.4 is 10.6 Å². The Bertz CT molecular complexity index is 530. The van der Waals surface area contributed by atoms with Gasteiger partial charge >= 0.3 is 0 Å².